The number of hydrogen-bond acceptors (Lipinski definition) is 2. The highest BCUT2D eigenvalue weighted by molar-refractivity contribution is 5.77. The van der Waals surface area contributed by atoms with Crippen molar-refractivity contribution in [1.29, 1.82) is 0 Å². The molecular formula is C9H15N3O. The van der Waals surface area contributed by atoms with Crippen molar-refractivity contribution in [2.24, 2.45) is 10.7 Å². The van der Waals surface area contributed by atoms with Gasteiger partial charge in [-0.25, -0.2) is 4.99 Å². The van der Waals surface area contributed by atoms with E-state index in [1.165, 1.54) is 0 Å². The van der Waals surface area contributed by atoms with E-state index in [2.05, 4.69) is 10.3 Å². The Balaban J connectivity index is 2.39. The van der Waals surface area contributed by atoms with Crippen molar-refractivity contribution in [1.82, 2.24) is 5.32 Å². The molecule has 0 radical (unpaired) electrons. The van der Waals surface area contributed by atoms with E-state index in [-0.39, 0.29) is 0 Å². The SMILES string of the molecule is CC(C)NC(N)=NCc1ccco1. The third-order valence-electron chi connectivity index (χ3n) is 1.42. The van der Waals surface area contributed by atoms with E-state index in [9.17, 15) is 0 Å². The summed E-state index contributed by atoms with van der Waals surface area (Å²) in [5, 5.41) is 2.99. The lowest BCUT2D eigenvalue weighted by Crippen LogP contribution is -2.36. The molecule has 0 saturated heterocycles. The van der Waals surface area contributed by atoms with Crippen LogP contribution in [0.5, 0.6) is 0 Å². The van der Waals surface area contributed by atoms with Gasteiger partial charge in [0.15, 0.2) is 5.96 Å². The smallest absolute Gasteiger partial charge is 0.189 e. The summed E-state index contributed by atoms with van der Waals surface area (Å²) >= 11 is 0. The van der Waals surface area contributed by atoms with Crippen molar-refractivity contribution in [3.63, 3.8) is 0 Å². The maximum absolute atomic E-state index is 5.59. The number of nitrogens with zero attached hydrogens (tertiary/aromatic N) is 1. The van der Waals surface area contributed by atoms with E-state index < -0.39 is 0 Å². The average Bonchev–Trinajstić information content (AvgIpc) is 2.51. The topological polar surface area (TPSA) is 63.5 Å². The molecule has 1 heterocycles. The third kappa shape index (κ3) is 3.64. The highest BCUT2D eigenvalue weighted by Gasteiger charge is 1.96. The highest BCUT2D eigenvalue weighted by Crippen LogP contribution is 2.00. The maximum atomic E-state index is 5.59. The molecule has 0 unspecified atom stereocenters. The molecule has 72 valence electrons. The Morgan fingerprint density at radius 1 is 1.69 bits per heavy atom. The molecule has 0 fully saturated rings. The van der Waals surface area contributed by atoms with Gasteiger partial charge in [0.25, 0.3) is 0 Å². The van der Waals surface area contributed by atoms with Crippen molar-refractivity contribution in [3.8, 4) is 0 Å². The standard InChI is InChI=1S/C9H15N3O/c1-7(2)12-9(10)11-6-8-4-3-5-13-8/h3-5,7H,6H2,1-2H3,(H3,10,11,12). The molecule has 0 aliphatic rings. The Kier molecular flexibility index (Phi) is 3.37. The van der Waals surface area contributed by atoms with Gasteiger partial charge in [-0.3, -0.25) is 0 Å². The maximum Gasteiger partial charge on any atom is 0.189 e. The number of guanidine groups is 1. The minimum Gasteiger partial charge on any atom is -0.467 e. The fourth-order valence-corrected chi connectivity index (χ4v) is 0.907. The van der Waals surface area contributed by atoms with Crippen LogP contribution < -0.4 is 11.1 Å². The molecule has 0 aliphatic heterocycles. The van der Waals surface area contributed by atoms with Crippen LogP contribution in [0.1, 0.15) is 19.6 Å². The van der Waals surface area contributed by atoms with Crippen molar-refractivity contribution in [2.75, 3.05) is 0 Å². The Hall–Kier alpha value is -1.45. The second-order valence-corrected chi connectivity index (χ2v) is 3.08. The number of aliphatic imine (C=N–C) groups is 1. The Bertz CT molecular complexity index is 264. The number of furan rings is 1. The minimum absolute atomic E-state index is 0.306. The van der Waals surface area contributed by atoms with Crippen LogP contribution in [0.4, 0.5) is 0 Å². The first-order valence-electron chi connectivity index (χ1n) is 4.27. The molecule has 0 atom stereocenters. The van der Waals surface area contributed by atoms with E-state index in [4.69, 9.17) is 10.2 Å². The van der Waals surface area contributed by atoms with Crippen LogP contribution in [0.3, 0.4) is 0 Å². The summed E-state index contributed by atoms with van der Waals surface area (Å²) in [7, 11) is 0. The van der Waals surface area contributed by atoms with Crippen LogP contribution in [-0.4, -0.2) is 12.0 Å². The second kappa shape index (κ2) is 4.54. The van der Waals surface area contributed by atoms with Gasteiger partial charge in [0.05, 0.1) is 6.26 Å². The van der Waals surface area contributed by atoms with Gasteiger partial charge in [0.1, 0.15) is 12.3 Å². The molecule has 0 bridgehead atoms. The average molecular weight is 181 g/mol. The van der Waals surface area contributed by atoms with E-state index in [0.29, 0.717) is 18.5 Å². The number of hydrogen-bond donors (Lipinski definition) is 2. The van der Waals surface area contributed by atoms with Crippen LogP contribution in [-0.2, 0) is 6.54 Å². The minimum atomic E-state index is 0.306. The van der Waals surface area contributed by atoms with Gasteiger partial charge in [-0.15, -0.1) is 0 Å². The molecule has 4 nitrogen and oxygen atoms in total. The van der Waals surface area contributed by atoms with Gasteiger partial charge in [0.2, 0.25) is 0 Å². The molecule has 1 aromatic heterocycles. The van der Waals surface area contributed by atoms with Crippen LogP contribution in [0.25, 0.3) is 0 Å². The van der Waals surface area contributed by atoms with Gasteiger partial charge >= 0.3 is 0 Å². The second-order valence-electron chi connectivity index (χ2n) is 3.08. The van der Waals surface area contributed by atoms with Crippen LogP contribution >= 0.6 is 0 Å². The monoisotopic (exact) mass is 181 g/mol. The fraction of sp³-hybridized carbons (Fsp3) is 0.444. The van der Waals surface area contributed by atoms with E-state index in [1.807, 2.05) is 26.0 Å². The lowest BCUT2D eigenvalue weighted by Gasteiger charge is -2.07. The Labute approximate surface area is 77.8 Å². The summed E-state index contributed by atoms with van der Waals surface area (Å²) in [5.41, 5.74) is 5.59. The summed E-state index contributed by atoms with van der Waals surface area (Å²) in [6.45, 7) is 4.50. The number of nitrogens with one attached hydrogen (secondary N) is 1. The normalized spacial score (nSPS) is 12.1. The van der Waals surface area contributed by atoms with E-state index in [1.54, 1.807) is 6.26 Å². The van der Waals surface area contributed by atoms with E-state index >= 15 is 0 Å². The lowest BCUT2D eigenvalue weighted by atomic mass is 10.4. The molecule has 4 heteroatoms. The predicted octanol–water partition coefficient (Wildman–Crippen LogP) is 1.09. The molecule has 0 aliphatic carbocycles. The predicted molar refractivity (Wildman–Crippen MR) is 52.3 cm³/mol. The molecule has 1 aromatic rings. The van der Waals surface area contributed by atoms with Crippen LogP contribution in [0, 0.1) is 0 Å². The van der Waals surface area contributed by atoms with Crippen molar-refractivity contribution >= 4 is 5.96 Å². The molecule has 3 N–H and O–H groups in total. The zero-order valence-corrected chi connectivity index (χ0v) is 7.95. The van der Waals surface area contributed by atoms with Crippen LogP contribution in [0.2, 0.25) is 0 Å². The zero-order chi connectivity index (χ0) is 9.68. The molecule has 13 heavy (non-hydrogen) atoms. The first-order valence-corrected chi connectivity index (χ1v) is 4.27. The summed E-state index contributed by atoms with van der Waals surface area (Å²) in [4.78, 5) is 4.10. The van der Waals surface area contributed by atoms with Gasteiger partial charge in [-0.2, -0.15) is 0 Å². The summed E-state index contributed by atoms with van der Waals surface area (Å²) in [6.07, 6.45) is 1.62. The summed E-state index contributed by atoms with van der Waals surface area (Å²) in [6, 6.07) is 4.00. The first kappa shape index (κ1) is 9.64. The van der Waals surface area contributed by atoms with Crippen LogP contribution in [0.15, 0.2) is 27.8 Å². The van der Waals surface area contributed by atoms with E-state index in [0.717, 1.165) is 5.76 Å². The van der Waals surface area contributed by atoms with Crippen molar-refractivity contribution in [2.45, 2.75) is 26.4 Å². The van der Waals surface area contributed by atoms with Gasteiger partial charge in [-0.1, -0.05) is 0 Å². The molecular weight excluding hydrogens is 166 g/mol. The van der Waals surface area contributed by atoms with Crippen molar-refractivity contribution in [3.05, 3.63) is 24.2 Å². The fourth-order valence-electron chi connectivity index (χ4n) is 0.907. The molecule has 1 rings (SSSR count). The lowest BCUT2D eigenvalue weighted by molar-refractivity contribution is 0.512. The molecule has 0 amide bonds. The largest absolute Gasteiger partial charge is 0.467 e. The summed E-state index contributed by atoms with van der Waals surface area (Å²) < 4.78 is 5.10. The number of rotatable bonds is 3. The molecule has 0 spiro atoms. The Morgan fingerprint density at radius 3 is 3.00 bits per heavy atom. The zero-order valence-electron chi connectivity index (χ0n) is 7.95. The molecule has 0 saturated carbocycles. The Morgan fingerprint density at radius 2 is 2.46 bits per heavy atom. The third-order valence-corrected chi connectivity index (χ3v) is 1.42. The first-order chi connectivity index (χ1) is 6.18. The molecule has 0 aromatic carbocycles. The number of nitrogens with two attached hydrogens (primary N) is 1. The highest BCUT2D eigenvalue weighted by atomic mass is 16.3. The van der Waals surface area contributed by atoms with Gasteiger partial charge < -0.3 is 15.5 Å². The van der Waals surface area contributed by atoms with Crippen molar-refractivity contribution < 1.29 is 4.42 Å². The van der Waals surface area contributed by atoms with Gasteiger partial charge in [-0.05, 0) is 26.0 Å². The quantitative estimate of drug-likeness (QED) is 0.542. The van der Waals surface area contributed by atoms with Gasteiger partial charge in [0, 0.05) is 6.04 Å². The summed E-state index contributed by atoms with van der Waals surface area (Å²) in [5.74, 6) is 1.26.